The van der Waals surface area contributed by atoms with E-state index < -0.39 is 11.6 Å². The Labute approximate surface area is 132 Å². The van der Waals surface area contributed by atoms with E-state index in [0.29, 0.717) is 17.9 Å². The maximum atomic E-state index is 13.6. The molecule has 23 heavy (non-hydrogen) atoms. The molecule has 1 N–H and O–H groups in total. The molecule has 0 saturated carbocycles. The molecule has 2 aromatic rings. The van der Waals surface area contributed by atoms with Crippen molar-refractivity contribution in [2.75, 3.05) is 6.54 Å². The highest BCUT2D eigenvalue weighted by Crippen LogP contribution is 2.21. The largest absolute Gasteiger partial charge is 0.486 e. The van der Waals surface area contributed by atoms with Gasteiger partial charge < -0.3 is 14.6 Å². The Balaban J connectivity index is 2.07. The number of carbonyl (C=O) groups excluding carboxylic acids is 1. The van der Waals surface area contributed by atoms with Crippen molar-refractivity contribution in [2.45, 2.75) is 33.3 Å². The standard InChI is InChI=1S/C16H18F2N2O3/c1-3-4-7-19-16(21)15-12(10(2)23-20-15)9-22-14-6-5-11(17)8-13(14)18/h5-6,8H,3-4,7,9H2,1-2H3,(H,19,21). The second-order valence-electron chi connectivity index (χ2n) is 5.04. The molecule has 0 bridgehead atoms. The van der Waals surface area contributed by atoms with Gasteiger partial charge in [0.05, 0.1) is 5.56 Å². The van der Waals surface area contributed by atoms with Gasteiger partial charge in [-0.3, -0.25) is 4.79 Å². The van der Waals surface area contributed by atoms with Crippen LogP contribution in [0.3, 0.4) is 0 Å². The quantitative estimate of drug-likeness (QED) is 0.793. The second kappa shape index (κ2) is 7.71. The predicted octanol–water partition coefficient (Wildman–Crippen LogP) is 3.37. The third-order valence-electron chi connectivity index (χ3n) is 3.28. The van der Waals surface area contributed by atoms with Crippen LogP contribution in [0.25, 0.3) is 0 Å². The van der Waals surface area contributed by atoms with E-state index in [-0.39, 0.29) is 24.0 Å². The van der Waals surface area contributed by atoms with Gasteiger partial charge in [0.2, 0.25) is 0 Å². The van der Waals surface area contributed by atoms with E-state index in [4.69, 9.17) is 9.26 Å². The number of aromatic nitrogens is 1. The average Bonchev–Trinajstić information content (AvgIpc) is 2.88. The molecule has 0 saturated heterocycles. The lowest BCUT2D eigenvalue weighted by atomic mass is 10.2. The summed E-state index contributed by atoms with van der Waals surface area (Å²) < 4.78 is 36.8. The zero-order valence-electron chi connectivity index (χ0n) is 13.0. The average molecular weight is 324 g/mol. The molecule has 0 atom stereocenters. The van der Waals surface area contributed by atoms with Crippen LogP contribution in [0.15, 0.2) is 22.7 Å². The Bertz CT molecular complexity index is 686. The van der Waals surface area contributed by atoms with E-state index in [0.717, 1.165) is 25.0 Å². The number of aryl methyl sites for hydroxylation is 1. The minimum absolute atomic E-state index is 0.103. The summed E-state index contributed by atoms with van der Waals surface area (Å²) in [5.74, 6) is -1.56. The maximum absolute atomic E-state index is 13.6. The topological polar surface area (TPSA) is 64.4 Å². The Morgan fingerprint density at radius 2 is 2.17 bits per heavy atom. The smallest absolute Gasteiger partial charge is 0.273 e. The summed E-state index contributed by atoms with van der Waals surface area (Å²) in [4.78, 5) is 12.1. The number of amides is 1. The molecular weight excluding hydrogens is 306 g/mol. The van der Waals surface area contributed by atoms with Crippen LogP contribution >= 0.6 is 0 Å². The van der Waals surface area contributed by atoms with Gasteiger partial charge in [0.1, 0.15) is 18.2 Å². The lowest BCUT2D eigenvalue weighted by Gasteiger charge is -2.08. The van der Waals surface area contributed by atoms with Crippen molar-refractivity contribution in [1.82, 2.24) is 10.5 Å². The number of ether oxygens (including phenoxy) is 1. The van der Waals surface area contributed by atoms with E-state index in [2.05, 4.69) is 10.5 Å². The molecule has 0 aliphatic heterocycles. The molecule has 0 aliphatic carbocycles. The molecule has 124 valence electrons. The third-order valence-corrected chi connectivity index (χ3v) is 3.28. The lowest BCUT2D eigenvalue weighted by Crippen LogP contribution is -2.26. The van der Waals surface area contributed by atoms with Crippen LogP contribution in [0.1, 0.15) is 41.6 Å². The van der Waals surface area contributed by atoms with E-state index in [1.165, 1.54) is 6.07 Å². The number of rotatable bonds is 7. The number of benzene rings is 1. The number of nitrogens with one attached hydrogen (secondary N) is 1. The molecule has 1 heterocycles. The molecule has 1 amide bonds. The van der Waals surface area contributed by atoms with Crippen LogP contribution in [-0.2, 0) is 6.61 Å². The van der Waals surface area contributed by atoms with Crippen molar-refractivity contribution >= 4 is 5.91 Å². The van der Waals surface area contributed by atoms with Gasteiger partial charge in [-0.05, 0) is 25.5 Å². The molecule has 0 radical (unpaired) electrons. The minimum Gasteiger partial charge on any atom is -0.486 e. The van der Waals surface area contributed by atoms with E-state index >= 15 is 0 Å². The maximum Gasteiger partial charge on any atom is 0.273 e. The first-order valence-electron chi connectivity index (χ1n) is 7.34. The van der Waals surface area contributed by atoms with Gasteiger partial charge >= 0.3 is 0 Å². The molecule has 7 heteroatoms. The fourth-order valence-electron chi connectivity index (χ4n) is 1.94. The van der Waals surface area contributed by atoms with Crippen LogP contribution in [-0.4, -0.2) is 17.6 Å². The molecule has 0 unspecified atom stereocenters. The van der Waals surface area contributed by atoms with Crippen molar-refractivity contribution in [3.8, 4) is 5.75 Å². The Hall–Kier alpha value is -2.44. The van der Waals surface area contributed by atoms with E-state index in [1.807, 2.05) is 6.92 Å². The monoisotopic (exact) mass is 324 g/mol. The van der Waals surface area contributed by atoms with Crippen molar-refractivity contribution in [2.24, 2.45) is 0 Å². The highest BCUT2D eigenvalue weighted by atomic mass is 19.1. The Morgan fingerprint density at radius 1 is 1.39 bits per heavy atom. The Morgan fingerprint density at radius 3 is 2.87 bits per heavy atom. The van der Waals surface area contributed by atoms with Gasteiger partial charge in [-0.25, -0.2) is 8.78 Å². The molecule has 2 rings (SSSR count). The normalized spacial score (nSPS) is 10.6. The van der Waals surface area contributed by atoms with E-state index in [9.17, 15) is 13.6 Å². The number of hydrogen-bond acceptors (Lipinski definition) is 4. The first kappa shape index (κ1) is 16.9. The van der Waals surface area contributed by atoms with Crippen LogP contribution in [0, 0.1) is 18.6 Å². The summed E-state index contributed by atoms with van der Waals surface area (Å²) in [6.45, 7) is 4.08. The van der Waals surface area contributed by atoms with Gasteiger partial charge in [-0.15, -0.1) is 0 Å². The van der Waals surface area contributed by atoms with Gasteiger partial charge in [-0.1, -0.05) is 18.5 Å². The van der Waals surface area contributed by atoms with Crippen molar-refractivity contribution < 1.29 is 22.8 Å². The molecule has 0 fully saturated rings. The zero-order chi connectivity index (χ0) is 16.8. The highest BCUT2D eigenvalue weighted by Gasteiger charge is 2.20. The first-order chi connectivity index (χ1) is 11.0. The summed E-state index contributed by atoms with van der Waals surface area (Å²) >= 11 is 0. The number of nitrogens with zero attached hydrogens (tertiary/aromatic N) is 1. The molecule has 0 aliphatic rings. The number of hydrogen-bond donors (Lipinski definition) is 1. The number of halogens is 2. The third kappa shape index (κ3) is 4.28. The summed E-state index contributed by atoms with van der Waals surface area (Å²) in [5.41, 5.74) is 0.545. The fraction of sp³-hybridized carbons (Fsp3) is 0.375. The zero-order valence-corrected chi connectivity index (χ0v) is 13.0. The van der Waals surface area contributed by atoms with Crippen molar-refractivity contribution in [3.05, 3.63) is 46.9 Å². The molecule has 1 aromatic carbocycles. The van der Waals surface area contributed by atoms with Gasteiger partial charge in [0.15, 0.2) is 17.3 Å². The van der Waals surface area contributed by atoms with Crippen LogP contribution in [0.5, 0.6) is 5.75 Å². The van der Waals surface area contributed by atoms with Gasteiger partial charge in [0.25, 0.3) is 5.91 Å². The van der Waals surface area contributed by atoms with Crippen LogP contribution < -0.4 is 10.1 Å². The molecule has 0 spiro atoms. The number of carbonyl (C=O) groups is 1. The molecule has 5 nitrogen and oxygen atoms in total. The SMILES string of the molecule is CCCCNC(=O)c1noc(C)c1COc1ccc(F)cc1F. The fourth-order valence-corrected chi connectivity index (χ4v) is 1.94. The summed E-state index contributed by atoms with van der Waals surface area (Å²) in [5, 5.41) is 6.45. The van der Waals surface area contributed by atoms with Crippen LogP contribution in [0.2, 0.25) is 0 Å². The number of unbranched alkanes of at least 4 members (excludes halogenated alkanes) is 1. The summed E-state index contributed by atoms with van der Waals surface area (Å²) in [6.07, 6.45) is 1.81. The van der Waals surface area contributed by atoms with Crippen LogP contribution in [0.4, 0.5) is 8.78 Å². The predicted molar refractivity (Wildman–Crippen MR) is 79.2 cm³/mol. The van der Waals surface area contributed by atoms with E-state index in [1.54, 1.807) is 6.92 Å². The van der Waals surface area contributed by atoms with Gasteiger partial charge in [0, 0.05) is 12.6 Å². The highest BCUT2D eigenvalue weighted by molar-refractivity contribution is 5.93. The summed E-state index contributed by atoms with van der Waals surface area (Å²) in [7, 11) is 0. The lowest BCUT2D eigenvalue weighted by molar-refractivity contribution is 0.0942. The molecular formula is C16H18F2N2O3. The Kier molecular flexibility index (Phi) is 5.67. The molecule has 1 aromatic heterocycles. The summed E-state index contributed by atoms with van der Waals surface area (Å²) in [6, 6.07) is 3.01. The first-order valence-corrected chi connectivity index (χ1v) is 7.34. The van der Waals surface area contributed by atoms with Crippen molar-refractivity contribution in [1.29, 1.82) is 0 Å². The minimum atomic E-state index is -0.812. The second-order valence-corrected chi connectivity index (χ2v) is 5.04. The van der Waals surface area contributed by atoms with Crippen molar-refractivity contribution in [3.63, 3.8) is 0 Å². The van der Waals surface area contributed by atoms with Gasteiger partial charge in [-0.2, -0.15) is 0 Å².